The number of benzene rings is 1. The van der Waals surface area contributed by atoms with Gasteiger partial charge in [-0.05, 0) is 71.1 Å². The smallest absolute Gasteiger partial charge is 0.416 e. The lowest BCUT2D eigenvalue weighted by atomic mass is 9.92. The van der Waals surface area contributed by atoms with Crippen LogP contribution in [0.4, 0.5) is 22.4 Å². The van der Waals surface area contributed by atoms with Crippen molar-refractivity contribution in [3.05, 3.63) is 41.5 Å². The fourth-order valence-corrected chi connectivity index (χ4v) is 5.45. The number of pyridine rings is 1. The summed E-state index contributed by atoms with van der Waals surface area (Å²) >= 11 is 0. The Balaban J connectivity index is 1.53. The van der Waals surface area contributed by atoms with E-state index in [-0.39, 0.29) is 23.3 Å². The van der Waals surface area contributed by atoms with Crippen LogP contribution in [0.2, 0.25) is 0 Å². The van der Waals surface area contributed by atoms with E-state index in [1.807, 2.05) is 26.8 Å². The van der Waals surface area contributed by atoms with Crippen LogP contribution in [0.15, 0.2) is 24.4 Å². The molecule has 1 unspecified atom stereocenters. The van der Waals surface area contributed by atoms with Crippen molar-refractivity contribution in [2.24, 2.45) is 0 Å². The number of likely N-dealkylation sites (tertiary alicyclic amines) is 1. The Bertz CT molecular complexity index is 1460. The van der Waals surface area contributed by atoms with Gasteiger partial charge in [-0.2, -0.15) is 18.3 Å². The van der Waals surface area contributed by atoms with Crippen molar-refractivity contribution in [1.29, 1.82) is 0 Å². The van der Waals surface area contributed by atoms with Crippen molar-refractivity contribution in [3.63, 3.8) is 0 Å². The summed E-state index contributed by atoms with van der Waals surface area (Å²) in [7, 11) is 1.29. The molecule has 4 heterocycles. The zero-order chi connectivity index (χ0) is 30.9. The molecule has 2 aromatic heterocycles. The minimum atomic E-state index is -4.75. The molecular weight excluding hydrogens is 572 g/mol. The molecule has 9 nitrogen and oxygen atoms in total. The normalized spacial score (nSPS) is 18.7. The van der Waals surface area contributed by atoms with Gasteiger partial charge in [0.1, 0.15) is 11.3 Å². The number of alkyl halides is 3. The van der Waals surface area contributed by atoms with E-state index in [0.29, 0.717) is 55.9 Å². The largest absolute Gasteiger partial charge is 0.464 e. The summed E-state index contributed by atoms with van der Waals surface area (Å²) in [6, 6.07) is 3.20. The molecule has 43 heavy (non-hydrogen) atoms. The molecule has 3 aromatic rings. The number of halogens is 4. The lowest BCUT2D eigenvalue weighted by molar-refractivity contribution is -0.137. The number of aromatic nitrogens is 3. The van der Waals surface area contributed by atoms with Crippen LogP contribution >= 0.6 is 0 Å². The Labute approximate surface area is 247 Å². The molecule has 0 bridgehead atoms. The highest BCUT2D eigenvalue weighted by Crippen LogP contribution is 2.41. The predicted molar refractivity (Wildman–Crippen MR) is 149 cm³/mol. The first-order chi connectivity index (χ1) is 20.4. The summed E-state index contributed by atoms with van der Waals surface area (Å²) < 4.78 is 80.3. The average Bonchev–Trinajstić information content (AvgIpc) is 3.34. The van der Waals surface area contributed by atoms with Gasteiger partial charge in [0.25, 0.3) is 0 Å². The van der Waals surface area contributed by atoms with Crippen molar-refractivity contribution < 1.29 is 41.3 Å². The third-order valence-corrected chi connectivity index (χ3v) is 7.56. The molecule has 2 aliphatic rings. The van der Waals surface area contributed by atoms with Gasteiger partial charge in [-0.1, -0.05) is 0 Å². The van der Waals surface area contributed by atoms with Crippen molar-refractivity contribution in [2.75, 3.05) is 33.6 Å². The summed E-state index contributed by atoms with van der Waals surface area (Å²) in [6.45, 7) is 6.54. The third-order valence-electron chi connectivity index (χ3n) is 7.56. The fraction of sp³-hybridized carbons (Fsp3) is 0.567. The topological polar surface area (TPSA) is 87.9 Å². The molecular formula is C30H36F4N4O5. The Morgan fingerprint density at radius 1 is 1.09 bits per heavy atom. The van der Waals surface area contributed by atoms with E-state index in [4.69, 9.17) is 18.9 Å². The van der Waals surface area contributed by atoms with E-state index in [2.05, 4.69) is 10.1 Å². The molecule has 1 atom stereocenters. The third kappa shape index (κ3) is 6.87. The second-order valence-corrected chi connectivity index (χ2v) is 11.9. The summed E-state index contributed by atoms with van der Waals surface area (Å²) in [5.74, 6) is -1.55. The molecule has 13 heteroatoms. The molecule has 2 fully saturated rings. The zero-order valence-corrected chi connectivity index (χ0v) is 24.7. The lowest BCUT2D eigenvalue weighted by Gasteiger charge is -2.33. The minimum absolute atomic E-state index is 0.00818. The quantitative estimate of drug-likeness (QED) is 0.219. The molecule has 5 rings (SSSR count). The number of methoxy groups -OCH3 is 1. The van der Waals surface area contributed by atoms with Gasteiger partial charge in [0.05, 0.1) is 11.1 Å². The molecule has 0 saturated carbocycles. The molecule has 2 saturated heterocycles. The van der Waals surface area contributed by atoms with E-state index in [0.717, 1.165) is 24.6 Å². The van der Waals surface area contributed by atoms with E-state index in [1.54, 1.807) is 9.58 Å². The highest BCUT2D eigenvalue weighted by molar-refractivity contribution is 5.93. The van der Waals surface area contributed by atoms with Crippen LogP contribution in [0.5, 0.6) is 5.75 Å². The number of piperidine rings is 1. The summed E-state index contributed by atoms with van der Waals surface area (Å²) in [5, 5.41) is 5.02. The molecule has 0 spiro atoms. The Hall–Kier alpha value is -3.45. The van der Waals surface area contributed by atoms with Gasteiger partial charge in [0, 0.05) is 55.6 Å². The van der Waals surface area contributed by atoms with E-state index in [9.17, 15) is 18.0 Å². The SMILES string of the molecule is COCOc1cc(C(F)(F)F)cc(-c2nn(C3CCCCO3)c3cc(C4CCN(C(=O)OC(C)(C)C)CC4)ncc23)c1F. The minimum Gasteiger partial charge on any atom is -0.464 e. The van der Waals surface area contributed by atoms with Gasteiger partial charge in [-0.15, -0.1) is 0 Å². The van der Waals surface area contributed by atoms with Gasteiger partial charge < -0.3 is 23.8 Å². The maximum atomic E-state index is 15.7. The highest BCUT2D eigenvalue weighted by Gasteiger charge is 2.35. The molecule has 0 aliphatic carbocycles. The summed E-state index contributed by atoms with van der Waals surface area (Å²) in [4.78, 5) is 18.9. The summed E-state index contributed by atoms with van der Waals surface area (Å²) in [5.41, 5.74) is -0.679. The molecule has 2 aliphatic heterocycles. The number of rotatable bonds is 6. The Kier molecular flexibility index (Phi) is 8.85. The van der Waals surface area contributed by atoms with Gasteiger partial charge in [0.15, 0.2) is 24.6 Å². The van der Waals surface area contributed by atoms with Crippen LogP contribution in [-0.2, 0) is 20.4 Å². The number of nitrogens with zero attached hydrogens (tertiary/aromatic N) is 4. The number of amides is 1. The molecule has 1 amide bonds. The highest BCUT2D eigenvalue weighted by atomic mass is 19.4. The van der Waals surface area contributed by atoms with Crippen LogP contribution < -0.4 is 4.74 Å². The van der Waals surface area contributed by atoms with Crippen molar-refractivity contribution in [3.8, 4) is 17.0 Å². The average molecular weight is 609 g/mol. The molecule has 234 valence electrons. The van der Waals surface area contributed by atoms with E-state index < -0.39 is 41.9 Å². The van der Waals surface area contributed by atoms with Crippen molar-refractivity contribution in [2.45, 2.75) is 76.8 Å². The van der Waals surface area contributed by atoms with Gasteiger partial charge in [0.2, 0.25) is 0 Å². The maximum absolute atomic E-state index is 15.7. The second-order valence-electron chi connectivity index (χ2n) is 11.9. The van der Waals surface area contributed by atoms with Gasteiger partial charge >= 0.3 is 12.3 Å². The van der Waals surface area contributed by atoms with Crippen LogP contribution in [-0.4, -0.2) is 65.0 Å². The van der Waals surface area contributed by atoms with Crippen molar-refractivity contribution in [1.82, 2.24) is 19.7 Å². The van der Waals surface area contributed by atoms with Gasteiger partial charge in [-0.3, -0.25) is 4.98 Å². The zero-order valence-electron chi connectivity index (χ0n) is 24.7. The molecule has 0 radical (unpaired) electrons. The first-order valence-electron chi connectivity index (χ1n) is 14.4. The Morgan fingerprint density at radius 2 is 1.84 bits per heavy atom. The first-order valence-corrected chi connectivity index (χ1v) is 14.4. The van der Waals surface area contributed by atoms with Gasteiger partial charge in [-0.25, -0.2) is 13.9 Å². The molecule has 1 aromatic carbocycles. The first kappa shape index (κ1) is 31.0. The standard InChI is InChI=1S/C30H36F4N4O5/c1-29(2,3)43-28(39)37-10-8-18(9-11-37)22-15-23-21(16-35-22)27(36-38(23)25-7-5-6-12-41-25)20-13-19(30(32,33)34)14-24(26(20)31)42-17-40-4/h13-16,18,25H,5-12,17H2,1-4H3. The number of fused-ring (bicyclic) bond motifs is 1. The van der Waals surface area contributed by atoms with E-state index >= 15 is 4.39 Å². The predicted octanol–water partition coefficient (Wildman–Crippen LogP) is 7.05. The number of ether oxygens (including phenoxy) is 4. The maximum Gasteiger partial charge on any atom is 0.416 e. The second kappa shape index (κ2) is 12.3. The number of hydrogen-bond donors (Lipinski definition) is 0. The summed E-state index contributed by atoms with van der Waals surface area (Å²) in [6.07, 6.45) is -0.322. The number of hydrogen-bond acceptors (Lipinski definition) is 7. The van der Waals surface area contributed by atoms with Crippen LogP contribution in [0.25, 0.3) is 22.2 Å². The fourth-order valence-electron chi connectivity index (χ4n) is 5.45. The lowest BCUT2D eigenvalue weighted by Crippen LogP contribution is -2.41. The Morgan fingerprint density at radius 3 is 2.47 bits per heavy atom. The van der Waals surface area contributed by atoms with E-state index in [1.165, 1.54) is 13.3 Å². The van der Waals surface area contributed by atoms with Crippen LogP contribution in [0.3, 0.4) is 0 Å². The van der Waals surface area contributed by atoms with Crippen molar-refractivity contribution >= 4 is 17.0 Å². The molecule has 0 N–H and O–H groups in total. The number of carbonyl (C=O) groups is 1. The van der Waals surface area contributed by atoms with Crippen LogP contribution in [0, 0.1) is 5.82 Å². The monoisotopic (exact) mass is 608 g/mol. The van der Waals surface area contributed by atoms with Crippen LogP contribution in [0.1, 0.15) is 76.3 Å². The number of carbonyl (C=O) groups excluding carboxylic acids is 1.